The smallest absolute Gasteiger partial charge is 0.262 e. The van der Waals surface area contributed by atoms with Gasteiger partial charge in [-0.15, -0.1) is 0 Å². The van der Waals surface area contributed by atoms with Crippen LogP contribution in [0.4, 0.5) is 27.4 Å². The Kier molecular flexibility index (Phi) is 6.59. The highest BCUT2D eigenvalue weighted by atomic mass is 32.2. The lowest BCUT2D eigenvalue weighted by Crippen LogP contribution is -2.13. The van der Waals surface area contributed by atoms with Crippen LogP contribution in [-0.4, -0.2) is 39.1 Å². The molecule has 2 N–H and O–H groups in total. The standard InChI is InChI=1S/C21H24FN5O3S/c1-5-30-19-11-10-17(12-18(19)22)31(28,29)26-16-8-6-15(7-9-16)25-20-13-21(27(3)4)24-14(2)23-20/h6-13,26H,5H2,1-4H3,(H,23,24,25). The molecule has 3 aromatic rings. The van der Waals surface area contributed by atoms with Crippen molar-refractivity contribution in [1.29, 1.82) is 0 Å². The van der Waals surface area contributed by atoms with Gasteiger partial charge in [0, 0.05) is 31.5 Å². The topological polar surface area (TPSA) is 96.5 Å². The van der Waals surface area contributed by atoms with E-state index in [4.69, 9.17) is 4.74 Å². The third-order valence-corrected chi connectivity index (χ3v) is 5.58. The summed E-state index contributed by atoms with van der Waals surface area (Å²) in [6, 6.07) is 12.0. The maximum absolute atomic E-state index is 14.0. The number of rotatable bonds is 8. The van der Waals surface area contributed by atoms with Gasteiger partial charge in [-0.05, 0) is 56.3 Å². The average Bonchev–Trinajstić information content (AvgIpc) is 2.70. The van der Waals surface area contributed by atoms with Crippen molar-refractivity contribution >= 4 is 33.0 Å². The Bertz CT molecular complexity index is 1170. The minimum absolute atomic E-state index is 0.00857. The highest BCUT2D eigenvalue weighted by Crippen LogP contribution is 2.24. The van der Waals surface area contributed by atoms with Crippen molar-refractivity contribution in [3.63, 3.8) is 0 Å². The van der Waals surface area contributed by atoms with E-state index in [0.717, 1.165) is 17.6 Å². The van der Waals surface area contributed by atoms with Gasteiger partial charge in [-0.25, -0.2) is 22.8 Å². The lowest BCUT2D eigenvalue weighted by atomic mass is 10.3. The van der Waals surface area contributed by atoms with Gasteiger partial charge in [0.15, 0.2) is 11.6 Å². The second kappa shape index (κ2) is 9.17. The van der Waals surface area contributed by atoms with Crippen LogP contribution in [0.2, 0.25) is 0 Å². The molecule has 0 amide bonds. The van der Waals surface area contributed by atoms with E-state index >= 15 is 0 Å². The van der Waals surface area contributed by atoms with Crippen LogP contribution < -0.4 is 19.7 Å². The number of hydrogen-bond donors (Lipinski definition) is 2. The van der Waals surface area contributed by atoms with Gasteiger partial charge in [0.05, 0.1) is 11.5 Å². The fraction of sp³-hybridized carbons (Fsp3) is 0.238. The van der Waals surface area contributed by atoms with Crippen LogP contribution in [-0.2, 0) is 10.0 Å². The largest absolute Gasteiger partial charge is 0.491 e. The van der Waals surface area contributed by atoms with E-state index < -0.39 is 15.8 Å². The van der Waals surface area contributed by atoms with E-state index in [9.17, 15) is 12.8 Å². The molecule has 8 nitrogen and oxygen atoms in total. The normalized spacial score (nSPS) is 11.1. The molecule has 1 heterocycles. The monoisotopic (exact) mass is 445 g/mol. The minimum Gasteiger partial charge on any atom is -0.491 e. The number of nitrogens with zero attached hydrogens (tertiary/aromatic N) is 3. The zero-order valence-corrected chi connectivity index (χ0v) is 18.5. The molecule has 10 heteroatoms. The second-order valence-electron chi connectivity index (χ2n) is 6.89. The number of aromatic nitrogens is 2. The van der Waals surface area contributed by atoms with Crippen LogP contribution in [0.5, 0.6) is 5.75 Å². The lowest BCUT2D eigenvalue weighted by molar-refractivity contribution is 0.321. The van der Waals surface area contributed by atoms with E-state index in [2.05, 4.69) is 20.0 Å². The Labute approximate surface area is 181 Å². The van der Waals surface area contributed by atoms with Gasteiger partial charge >= 0.3 is 0 Å². The third kappa shape index (κ3) is 5.60. The maximum atomic E-state index is 14.0. The van der Waals surface area contributed by atoms with Crippen molar-refractivity contribution in [1.82, 2.24) is 9.97 Å². The van der Waals surface area contributed by atoms with E-state index in [0.29, 0.717) is 17.3 Å². The van der Waals surface area contributed by atoms with E-state index in [1.807, 2.05) is 25.1 Å². The summed E-state index contributed by atoms with van der Waals surface area (Å²) in [5.41, 5.74) is 1.06. The van der Waals surface area contributed by atoms with E-state index in [1.54, 1.807) is 38.1 Å². The SMILES string of the molecule is CCOc1ccc(S(=O)(=O)Nc2ccc(Nc3cc(N(C)C)nc(C)n3)cc2)cc1F. The summed E-state index contributed by atoms with van der Waals surface area (Å²) < 4.78 is 46.7. The summed E-state index contributed by atoms with van der Waals surface area (Å²) in [6.45, 7) is 3.81. The molecule has 0 aliphatic carbocycles. The first-order valence-electron chi connectivity index (χ1n) is 9.53. The minimum atomic E-state index is -3.95. The van der Waals surface area contributed by atoms with Crippen molar-refractivity contribution in [2.24, 2.45) is 0 Å². The van der Waals surface area contributed by atoms with E-state index in [-0.39, 0.29) is 17.3 Å². The Balaban J connectivity index is 1.74. The first kappa shape index (κ1) is 22.3. The molecule has 0 bridgehead atoms. The van der Waals surface area contributed by atoms with Crippen LogP contribution in [0.15, 0.2) is 53.4 Å². The average molecular weight is 446 g/mol. The molecule has 1 aromatic heterocycles. The third-order valence-electron chi connectivity index (χ3n) is 4.21. The molecule has 0 aliphatic rings. The van der Waals surface area contributed by atoms with Crippen LogP contribution in [0, 0.1) is 12.7 Å². The molecule has 0 aliphatic heterocycles. The molecule has 0 atom stereocenters. The first-order valence-corrected chi connectivity index (χ1v) is 11.0. The summed E-state index contributed by atoms with van der Waals surface area (Å²) in [7, 11) is -0.169. The van der Waals surface area contributed by atoms with Crippen molar-refractivity contribution in [2.75, 3.05) is 35.6 Å². The van der Waals surface area contributed by atoms with Crippen LogP contribution >= 0.6 is 0 Å². The number of benzene rings is 2. The molecular weight excluding hydrogens is 421 g/mol. The molecule has 164 valence electrons. The molecule has 0 spiro atoms. The lowest BCUT2D eigenvalue weighted by Gasteiger charge is -2.14. The molecule has 31 heavy (non-hydrogen) atoms. The second-order valence-corrected chi connectivity index (χ2v) is 8.57. The number of nitrogens with one attached hydrogen (secondary N) is 2. The quantitative estimate of drug-likeness (QED) is 0.542. The van der Waals surface area contributed by atoms with Crippen molar-refractivity contribution in [3.05, 3.63) is 60.2 Å². The van der Waals surface area contributed by atoms with E-state index in [1.165, 1.54) is 12.1 Å². The van der Waals surface area contributed by atoms with Crippen molar-refractivity contribution in [2.45, 2.75) is 18.7 Å². The Morgan fingerprint density at radius 1 is 1.03 bits per heavy atom. The Morgan fingerprint density at radius 3 is 2.32 bits per heavy atom. The van der Waals surface area contributed by atoms with Crippen LogP contribution in [0.25, 0.3) is 0 Å². The predicted octanol–water partition coefficient (Wildman–Crippen LogP) is 3.93. The molecular formula is C21H24FN5O3S. The Morgan fingerprint density at radius 2 is 1.71 bits per heavy atom. The highest BCUT2D eigenvalue weighted by Gasteiger charge is 2.17. The van der Waals surface area contributed by atoms with Gasteiger partial charge < -0.3 is 15.0 Å². The van der Waals surface area contributed by atoms with Gasteiger partial charge in [-0.1, -0.05) is 0 Å². The van der Waals surface area contributed by atoms with Gasteiger partial charge in [0.25, 0.3) is 10.0 Å². The summed E-state index contributed by atoms with van der Waals surface area (Å²) in [5.74, 6) is 1.28. The van der Waals surface area contributed by atoms with Crippen molar-refractivity contribution < 1.29 is 17.5 Å². The molecule has 2 aromatic carbocycles. The zero-order valence-electron chi connectivity index (χ0n) is 17.7. The maximum Gasteiger partial charge on any atom is 0.262 e. The van der Waals surface area contributed by atoms with Gasteiger partial charge in [0.2, 0.25) is 0 Å². The fourth-order valence-corrected chi connectivity index (χ4v) is 3.82. The zero-order chi connectivity index (χ0) is 22.6. The molecule has 0 radical (unpaired) electrons. The molecule has 0 unspecified atom stereocenters. The summed E-state index contributed by atoms with van der Waals surface area (Å²) >= 11 is 0. The predicted molar refractivity (Wildman–Crippen MR) is 119 cm³/mol. The number of hydrogen-bond acceptors (Lipinski definition) is 7. The summed E-state index contributed by atoms with van der Waals surface area (Å²) in [5, 5.41) is 3.17. The number of anilines is 4. The molecule has 3 rings (SSSR count). The molecule has 0 fully saturated rings. The van der Waals surface area contributed by atoms with Crippen molar-refractivity contribution in [3.8, 4) is 5.75 Å². The molecule has 0 saturated heterocycles. The number of halogens is 1. The van der Waals surface area contributed by atoms with Gasteiger partial charge in [0.1, 0.15) is 17.5 Å². The van der Waals surface area contributed by atoms with Gasteiger partial charge in [-0.2, -0.15) is 0 Å². The highest BCUT2D eigenvalue weighted by molar-refractivity contribution is 7.92. The first-order chi connectivity index (χ1) is 14.7. The number of aryl methyl sites for hydroxylation is 1. The van der Waals surface area contributed by atoms with Gasteiger partial charge in [-0.3, -0.25) is 4.72 Å². The van der Waals surface area contributed by atoms with Crippen LogP contribution in [0.3, 0.4) is 0 Å². The fourth-order valence-electron chi connectivity index (χ4n) is 2.75. The Hall–Kier alpha value is -3.40. The molecule has 0 saturated carbocycles. The number of sulfonamides is 1. The summed E-state index contributed by atoms with van der Waals surface area (Å²) in [6.07, 6.45) is 0. The van der Waals surface area contributed by atoms with Crippen LogP contribution in [0.1, 0.15) is 12.7 Å². The number of ether oxygens (including phenoxy) is 1. The summed E-state index contributed by atoms with van der Waals surface area (Å²) in [4.78, 5) is 10.4.